The molecule has 3 fully saturated rings. The Hall–Kier alpha value is -16.6. The van der Waals surface area contributed by atoms with Gasteiger partial charge in [-0.1, -0.05) is 286 Å². The minimum absolute atomic E-state index is 0.104. The molecule has 134 heavy (non-hydrogen) atoms. The maximum absolute atomic E-state index is 5.28. The number of imidazole rings is 1. The minimum atomic E-state index is -0.104. The molecule has 0 spiro atoms. The molecule has 0 radical (unpaired) electrons. The molecule has 24 aromatic rings. The lowest BCUT2D eigenvalue weighted by Gasteiger charge is -2.39. The van der Waals surface area contributed by atoms with Crippen molar-refractivity contribution in [2.45, 2.75) is 68.6 Å². The van der Waals surface area contributed by atoms with Gasteiger partial charge < -0.3 is 18.1 Å². The van der Waals surface area contributed by atoms with Crippen LogP contribution < -0.4 is 0 Å². The highest BCUT2D eigenvalue weighted by Gasteiger charge is 2.47. The summed E-state index contributed by atoms with van der Waals surface area (Å²) in [7, 11) is 0. The third-order valence-electron chi connectivity index (χ3n) is 28.9. The summed E-state index contributed by atoms with van der Waals surface area (Å²) in [5, 5.41) is 9.95. The van der Waals surface area contributed by atoms with Gasteiger partial charge in [0.15, 0.2) is 0 Å². The van der Waals surface area contributed by atoms with Gasteiger partial charge in [0.05, 0.1) is 84.0 Å². The van der Waals surface area contributed by atoms with Crippen molar-refractivity contribution >= 4 is 92.9 Å². The van der Waals surface area contributed by atoms with Crippen molar-refractivity contribution in [1.29, 1.82) is 0 Å². The molecule has 12 heteroatoms. The molecule has 4 unspecified atom stereocenters. The van der Waals surface area contributed by atoms with Gasteiger partial charge in [-0.05, 0) is 217 Å². The summed E-state index contributed by atoms with van der Waals surface area (Å²) in [5.74, 6) is 3.53. The number of rotatable bonds is 14. The van der Waals surface area contributed by atoms with Crippen LogP contribution in [-0.4, -0.2) is 57.6 Å². The van der Waals surface area contributed by atoms with Gasteiger partial charge in [0.25, 0.3) is 0 Å². The number of benzene rings is 13. The average molecular weight is 1730 g/mol. The Morgan fingerprint density at radius 1 is 0.261 bits per heavy atom. The highest BCUT2D eigenvalue weighted by molar-refractivity contribution is 6.15. The van der Waals surface area contributed by atoms with E-state index in [2.05, 4.69) is 385 Å². The van der Waals surface area contributed by atoms with E-state index in [1.807, 2.05) is 85.5 Å². The lowest BCUT2D eigenvalue weighted by Crippen LogP contribution is -2.30. The Labute approximate surface area is 776 Å². The van der Waals surface area contributed by atoms with Gasteiger partial charge in [0, 0.05) is 125 Å². The van der Waals surface area contributed by atoms with Crippen LogP contribution in [0.3, 0.4) is 0 Å². The Balaban J connectivity index is 0.000000108. The first-order valence-electron chi connectivity index (χ1n) is 47.0. The third-order valence-corrected chi connectivity index (χ3v) is 28.9. The molecule has 2 bridgehead atoms. The second-order valence-corrected chi connectivity index (χ2v) is 36.3. The highest BCUT2D eigenvalue weighted by Crippen LogP contribution is 2.59. The Bertz CT molecular complexity index is 8240. The van der Waals surface area contributed by atoms with E-state index in [0.29, 0.717) is 17.8 Å². The zero-order chi connectivity index (χ0) is 88.6. The summed E-state index contributed by atoms with van der Waals surface area (Å²) in [4.78, 5) is 34.5. The molecule has 4 atom stereocenters. The summed E-state index contributed by atoms with van der Waals surface area (Å²) in [6, 6.07) is 143. The monoisotopic (exact) mass is 1720 g/mol. The normalized spacial score (nSPS) is 15.7. The summed E-state index contributed by atoms with van der Waals surface area (Å²) in [5.41, 5.74) is 31.3. The molecule has 3 aliphatic rings. The van der Waals surface area contributed by atoms with E-state index < -0.39 is 0 Å². The quantitative estimate of drug-likeness (QED) is 0.106. The van der Waals surface area contributed by atoms with E-state index in [1.54, 1.807) is 0 Å². The molecule has 0 aliphatic heterocycles. The van der Waals surface area contributed by atoms with Crippen molar-refractivity contribution in [3.8, 4) is 90.7 Å². The van der Waals surface area contributed by atoms with Crippen LogP contribution in [0.5, 0.6) is 0 Å². The molecule has 3 saturated carbocycles. The number of hydrogen-bond donors (Lipinski definition) is 0. The van der Waals surface area contributed by atoms with Crippen LogP contribution in [-0.2, 0) is 5.41 Å². The number of para-hydroxylation sites is 7. The van der Waals surface area contributed by atoms with Crippen molar-refractivity contribution in [3.63, 3.8) is 0 Å². The molecule has 0 saturated heterocycles. The Morgan fingerprint density at radius 2 is 0.664 bits per heavy atom. The standard InChI is InChI=1S/C45H29N5.C39H32N4.C38H31N3/c1-3-13-31(14-4-1)39-27-38-37-19-9-12-22-42(37)50(44(38)43(48-39)32-15-5-2-6-16-32)45-46-28-33(29-47-45)30-23-25-34(26-24-30)49-40-20-10-7-17-35(40)36-18-8-11-21-41(36)49;1-8-22-39(23-9-1,29-26-35(33-14-6-10-24-40-33)42-36(27-29)34-15-7-11-25-41-34)28-18-20-30(21-19-28)43-37-16-4-2-12-31(37)32-13-3-5-17-38(32)43;1-3-9-36-31(7-1)32-8-2-4-10-37(32)41(36)30-18-16-26(17-19-30)34-23-28-21-29(34)22-33(28)25-12-14-27(15-13-25)35-24-40-20-6-5-11-38(40)39-35/h1-29H;2-7,10-21,24-27H,1,8-9,22-23H2;1-20,24,28-29,33-34H,21-23H2. The van der Waals surface area contributed by atoms with Crippen molar-refractivity contribution < 1.29 is 0 Å². The fourth-order valence-corrected chi connectivity index (χ4v) is 22.6. The summed E-state index contributed by atoms with van der Waals surface area (Å²) in [6.45, 7) is 0. The first-order valence-corrected chi connectivity index (χ1v) is 47.0. The number of hydrogen-bond acceptors (Lipinski definition) is 7. The smallest absolute Gasteiger partial charge is 0.234 e. The molecule has 27 rings (SSSR count). The molecule has 13 aromatic carbocycles. The second kappa shape index (κ2) is 33.7. The summed E-state index contributed by atoms with van der Waals surface area (Å²) >= 11 is 0. The van der Waals surface area contributed by atoms with Gasteiger partial charge in [-0.2, -0.15) is 0 Å². The molecule has 12 nitrogen and oxygen atoms in total. The van der Waals surface area contributed by atoms with E-state index in [9.17, 15) is 0 Å². The van der Waals surface area contributed by atoms with Crippen LogP contribution in [0.15, 0.2) is 438 Å². The van der Waals surface area contributed by atoms with Crippen molar-refractivity contribution in [2.75, 3.05) is 0 Å². The third kappa shape index (κ3) is 14.1. The average Bonchev–Trinajstić information content (AvgIpc) is 1.52. The topological polar surface area (TPSA) is 114 Å². The molecule has 640 valence electrons. The van der Waals surface area contributed by atoms with Gasteiger partial charge >= 0.3 is 0 Å². The molecule has 0 amide bonds. The number of pyridine rings is 5. The lowest BCUT2D eigenvalue weighted by molar-refractivity contribution is 0.346. The van der Waals surface area contributed by atoms with E-state index in [-0.39, 0.29) is 5.41 Å². The van der Waals surface area contributed by atoms with Crippen LogP contribution in [0.2, 0.25) is 0 Å². The Kier molecular flexibility index (Phi) is 20.0. The fraction of sp³-hybridized carbons (Fsp3) is 0.107. The molecule has 11 heterocycles. The fourth-order valence-electron chi connectivity index (χ4n) is 22.6. The summed E-state index contributed by atoms with van der Waals surface area (Å²) in [6.07, 6.45) is 21.6. The maximum Gasteiger partial charge on any atom is 0.234 e. The first-order chi connectivity index (χ1) is 66.4. The second-order valence-electron chi connectivity index (χ2n) is 36.3. The molecular formula is C122H92N12. The molecule has 0 N–H and O–H groups in total. The van der Waals surface area contributed by atoms with Gasteiger partial charge in [-0.25, -0.2) is 24.9 Å². The first kappa shape index (κ1) is 79.6. The predicted octanol–water partition coefficient (Wildman–Crippen LogP) is 30.0. The zero-order valence-electron chi connectivity index (χ0n) is 73.9. The Morgan fingerprint density at radius 3 is 1.13 bits per heavy atom. The number of nitrogens with zero attached hydrogens (tertiary/aromatic N) is 12. The minimum Gasteiger partial charge on any atom is -0.309 e. The van der Waals surface area contributed by atoms with Crippen LogP contribution in [0.25, 0.3) is 184 Å². The summed E-state index contributed by atoms with van der Waals surface area (Å²) < 4.78 is 11.4. The van der Waals surface area contributed by atoms with Crippen molar-refractivity contribution in [1.82, 2.24) is 57.6 Å². The van der Waals surface area contributed by atoms with Gasteiger partial charge in [0.1, 0.15) is 5.65 Å². The van der Waals surface area contributed by atoms with Gasteiger partial charge in [-0.15, -0.1) is 0 Å². The largest absolute Gasteiger partial charge is 0.309 e. The number of fused-ring (bicyclic) bond motifs is 15. The van der Waals surface area contributed by atoms with E-state index in [4.69, 9.17) is 24.9 Å². The van der Waals surface area contributed by atoms with Gasteiger partial charge in [-0.3, -0.25) is 14.5 Å². The molecular weight excluding hydrogens is 1630 g/mol. The van der Waals surface area contributed by atoms with Crippen molar-refractivity contribution in [3.05, 3.63) is 460 Å². The zero-order valence-corrected chi connectivity index (χ0v) is 73.9. The van der Waals surface area contributed by atoms with Crippen LogP contribution in [0.1, 0.15) is 85.5 Å². The van der Waals surface area contributed by atoms with E-state index in [1.165, 1.54) is 143 Å². The van der Waals surface area contributed by atoms with E-state index >= 15 is 0 Å². The molecule has 11 aromatic heterocycles. The van der Waals surface area contributed by atoms with Crippen LogP contribution in [0.4, 0.5) is 0 Å². The van der Waals surface area contributed by atoms with Crippen molar-refractivity contribution in [2.24, 2.45) is 11.8 Å². The van der Waals surface area contributed by atoms with Crippen LogP contribution >= 0.6 is 0 Å². The molecule has 3 aliphatic carbocycles. The van der Waals surface area contributed by atoms with E-state index in [0.717, 1.165) is 120 Å². The predicted molar refractivity (Wildman–Crippen MR) is 548 cm³/mol. The van der Waals surface area contributed by atoms with Crippen LogP contribution in [0, 0.1) is 11.8 Å². The lowest BCUT2D eigenvalue weighted by atomic mass is 9.65. The SMILES string of the molecule is c1ccc(-c2cc(C3(c4ccc(-n5c6ccccc6c6ccccc65)cc4)CCCCC3)cc(-c3ccccn3)n2)nc1.c1ccc(-c2cc3c4ccccc4n(-c4ncc(-c5ccc(-n6c7ccccc7c7ccccc76)cc5)cn4)c3c(-c3ccccc3)n2)cc1.c1ccc2c(c1)c1ccccc1n2-c1ccc(C2CC3CC2CC3c2ccc(-c3cn4ccccc4n3)cc2)cc1. The highest BCUT2D eigenvalue weighted by atomic mass is 15.2. The van der Waals surface area contributed by atoms with Gasteiger partial charge in [0.2, 0.25) is 5.95 Å². The maximum atomic E-state index is 5.28. The number of aromatic nitrogens is 12.